The van der Waals surface area contributed by atoms with E-state index in [-0.39, 0.29) is 43.3 Å². The van der Waals surface area contributed by atoms with Gasteiger partial charge in [0.25, 0.3) is 0 Å². The Morgan fingerprint density at radius 3 is 0.712 bits per heavy atom. The van der Waals surface area contributed by atoms with Crippen LogP contribution in [0, 0.1) is 0 Å². The van der Waals surface area contributed by atoms with Gasteiger partial charge in [0.1, 0.15) is 12.2 Å². The van der Waals surface area contributed by atoms with Crippen LogP contribution in [0.4, 0.5) is 0 Å². The lowest BCUT2D eigenvalue weighted by Gasteiger charge is -2.37. The van der Waals surface area contributed by atoms with Gasteiger partial charge in [-0.05, 0) is 176 Å². The summed E-state index contributed by atoms with van der Waals surface area (Å²) in [6.07, 6.45) is 11.1. The number of hydrogen-bond acceptors (Lipinski definition) is 2. The van der Waals surface area contributed by atoms with Crippen molar-refractivity contribution in [2.45, 2.75) is 243 Å². The summed E-state index contributed by atoms with van der Waals surface area (Å²) in [5.74, 6) is 0. The number of aliphatic hydroxyl groups excluding tert-OH is 2. The Morgan fingerprint density at radius 2 is 0.558 bits per heavy atom. The van der Waals surface area contributed by atoms with Crippen molar-refractivity contribution in [2.75, 3.05) is 0 Å². The molecule has 0 saturated carbocycles. The number of benzene rings is 2. The summed E-state index contributed by atoms with van der Waals surface area (Å²) in [4.78, 5) is 0. The zero-order valence-corrected chi connectivity index (χ0v) is 36.7. The molecule has 2 heteroatoms. The summed E-state index contributed by atoms with van der Waals surface area (Å²) in [5.41, 5.74) is 13.4. The molecule has 2 nitrogen and oxygen atoms in total. The molecule has 52 heavy (non-hydrogen) atoms. The van der Waals surface area contributed by atoms with Gasteiger partial charge in [0, 0.05) is 0 Å². The van der Waals surface area contributed by atoms with Gasteiger partial charge in [0.15, 0.2) is 0 Å². The van der Waals surface area contributed by atoms with Gasteiger partial charge in [-0.2, -0.15) is 0 Å². The van der Waals surface area contributed by atoms with E-state index in [1.54, 1.807) is 0 Å². The smallest absolute Gasteiger partial charge is 0.110 e. The second kappa shape index (κ2) is 12.4. The van der Waals surface area contributed by atoms with Crippen molar-refractivity contribution in [3.05, 3.63) is 67.8 Å². The maximum Gasteiger partial charge on any atom is 0.110 e. The predicted octanol–water partition coefficient (Wildman–Crippen LogP) is 13.4. The SMILES string of the molecule is CCC1(CC)CC(C)(C)c2c1cc1c(c2C(O)C(O)c2c3c(cc4c2C(C)(C)CC4(CC)CC)C(CC)(CC)CC3(C)C)C(C)(C)CC1(CC)CC. The van der Waals surface area contributed by atoms with Crippen LogP contribution in [0.15, 0.2) is 12.1 Å². The molecule has 290 valence electrons. The molecule has 0 heterocycles. The molecule has 2 aromatic rings. The topological polar surface area (TPSA) is 40.5 Å². The van der Waals surface area contributed by atoms with Gasteiger partial charge in [0.2, 0.25) is 0 Å². The maximum absolute atomic E-state index is 13.5. The van der Waals surface area contributed by atoms with Crippen molar-refractivity contribution in [3.8, 4) is 0 Å². The van der Waals surface area contributed by atoms with E-state index < -0.39 is 12.2 Å². The second-order valence-electron chi connectivity index (χ2n) is 21.4. The van der Waals surface area contributed by atoms with E-state index in [1.807, 2.05) is 0 Å². The minimum absolute atomic E-state index is 0.0795. The molecule has 0 aliphatic heterocycles. The predicted molar refractivity (Wildman–Crippen MR) is 222 cm³/mol. The van der Waals surface area contributed by atoms with Gasteiger partial charge in [-0.1, -0.05) is 123 Å². The molecule has 2 N–H and O–H groups in total. The molecule has 0 saturated heterocycles. The molecule has 0 amide bonds. The van der Waals surface area contributed by atoms with Gasteiger partial charge >= 0.3 is 0 Å². The highest BCUT2D eigenvalue weighted by molar-refractivity contribution is 5.66. The average molecular weight is 711 g/mol. The molecule has 2 atom stereocenters. The quantitative estimate of drug-likeness (QED) is 0.244. The van der Waals surface area contributed by atoms with Gasteiger partial charge in [-0.3, -0.25) is 0 Å². The van der Waals surface area contributed by atoms with Crippen molar-refractivity contribution >= 4 is 0 Å². The Balaban J connectivity index is 1.76. The van der Waals surface area contributed by atoms with Crippen LogP contribution in [0.25, 0.3) is 0 Å². The molecule has 2 unspecified atom stereocenters. The fourth-order valence-electron chi connectivity index (χ4n) is 14.5. The first-order valence-corrected chi connectivity index (χ1v) is 21.9. The number of hydrogen-bond donors (Lipinski definition) is 2. The van der Waals surface area contributed by atoms with Crippen molar-refractivity contribution < 1.29 is 10.2 Å². The average Bonchev–Trinajstić information content (AvgIpc) is 3.69. The second-order valence-corrected chi connectivity index (χ2v) is 21.4. The minimum atomic E-state index is -1.00. The third kappa shape index (κ3) is 5.06. The number of rotatable bonds is 11. The third-order valence-electron chi connectivity index (χ3n) is 17.2. The highest BCUT2D eigenvalue weighted by atomic mass is 16.3. The van der Waals surface area contributed by atoms with Crippen LogP contribution in [0.1, 0.15) is 256 Å². The maximum atomic E-state index is 13.5. The van der Waals surface area contributed by atoms with Crippen LogP contribution in [0.2, 0.25) is 0 Å². The van der Waals surface area contributed by atoms with E-state index >= 15 is 0 Å². The molecule has 4 aliphatic rings. The van der Waals surface area contributed by atoms with Gasteiger partial charge in [0.05, 0.1) is 0 Å². The molecule has 2 aromatic carbocycles. The lowest BCUT2D eigenvalue weighted by atomic mass is 9.70. The van der Waals surface area contributed by atoms with E-state index in [0.717, 1.165) is 88.2 Å². The molecule has 4 aliphatic carbocycles. The van der Waals surface area contributed by atoms with E-state index in [2.05, 4.69) is 123 Å². The normalized spacial score (nSPS) is 25.3. The zero-order valence-electron chi connectivity index (χ0n) is 36.7. The summed E-state index contributed by atoms with van der Waals surface area (Å²) in [7, 11) is 0. The first kappa shape index (κ1) is 40.0. The number of fused-ring (bicyclic) bond motifs is 4. The molecule has 6 rings (SSSR count). The van der Waals surface area contributed by atoms with E-state index in [4.69, 9.17) is 0 Å². The van der Waals surface area contributed by atoms with Crippen LogP contribution >= 0.6 is 0 Å². The molecular formula is C50H78O2. The van der Waals surface area contributed by atoms with E-state index in [9.17, 15) is 10.2 Å². The lowest BCUT2D eigenvalue weighted by molar-refractivity contribution is 0.0133. The van der Waals surface area contributed by atoms with Crippen LogP contribution in [-0.4, -0.2) is 10.2 Å². The Kier molecular flexibility index (Phi) is 9.57. The van der Waals surface area contributed by atoms with E-state index in [1.165, 1.54) is 44.5 Å². The lowest BCUT2D eigenvalue weighted by Crippen LogP contribution is -2.28. The summed E-state index contributed by atoms with van der Waals surface area (Å²) in [5, 5.41) is 27.0. The largest absolute Gasteiger partial charge is 0.385 e. The Bertz CT molecular complexity index is 1470. The molecular weight excluding hydrogens is 633 g/mol. The molecule has 0 radical (unpaired) electrons. The Morgan fingerprint density at radius 1 is 0.385 bits per heavy atom. The fraction of sp³-hybridized carbons (Fsp3) is 0.760. The third-order valence-corrected chi connectivity index (χ3v) is 17.2. The minimum Gasteiger partial charge on any atom is -0.385 e. The molecule has 0 fully saturated rings. The fourth-order valence-corrected chi connectivity index (χ4v) is 14.5. The summed E-state index contributed by atoms with van der Waals surface area (Å²) >= 11 is 0. The summed E-state index contributed by atoms with van der Waals surface area (Å²) < 4.78 is 0. The monoisotopic (exact) mass is 711 g/mol. The van der Waals surface area contributed by atoms with Gasteiger partial charge < -0.3 is 10.2 Å². The van der Waals surface area contributed by atoms with Crippen molar-refractivity contribution in [3.63, 3.8) is 0 Å². The molecule has 0 bridgehead atoms. The van der Waals surface area contributed by atoms with Crippen molar-refractivity contribution in [1.82, 2.24) is 0 Å². The Labute approximate surface area is 320 Å². The van der Waals surface area contributed by atoms with Gasteiger partial charge in [-0.25, -0.2) is 0 Å². The van der Waals surface area contributed by atoms with Crippen LogP contribution in [0.5, 0.6) is 0 Å². The standard InChI is InChI=1S/C50H78O2/c1-17-47(18-2)27-43(9,10)37-31(47)25-32-38(44(11,12)28-48(32,19-3)20-4)35(37)41(51)42(52)36-39-33(49(21-5,22-6)29-45(39,13)14)26-34-40(36)46(15,16)30-50(34,23-7)24-8/h25-26,41-42,51-52H,17-24,27-30H2,1-16H3. The van der Waals surface area contributed by atoms with Crippen molar-refractivity contribution in [1.29, 1.82) is 0 Å². The summed E-state index contributed by atoms with van der Waals surface area (Å²) in [6.45, 7) is 38.5. The van der Waals surface area contributed by atoms with Crippen LogP contribution < -0.4 is 0 Å². The highest BCUT2D eigenvalue weighted by Gasteiger charge is 2.58. The van der Waals surface area contributed by atoms with Crippen molar-refractivity contribution in [2.24, 2.45) is 0 Å². The number of aliphatic hydroxyl groups is 2. The van der Waals surface area contributed by atoms with Crippen LogP contribution in [-0.2, 0) is 43.3 Å². The zero-order chi connectivity index (χ0) is 38.8. The molecule has 0 aromatic heterocycles. The first-order chi connectivity index (χ1) is 24.1. The highest BCUT2D eigenvalue weighted by Crippen LogP contribution is 2.66. The van der Waals surface area contributed by atoms with E-state index in [0.29, 0.717) is 0 Å². The summed E-state index contributed by atoms with van der Waals surface area (Å²) in [6, 6.07) is 5.29. The van der Waals surface area contributed by atoms with Crippen LogP contribution in [0.3, 0.4) is 0 Å². The van der Waals surface area contributed by atoms with Gasteiger partial charge in [-0.15, -0.1) is 0 Å². The first-order valence-electron chi connectivity index (χ1n) is 21.9. The molecule has 0 spiro atoms. The Hall–Kier alpha value is -1.64.